The van der Waals surface area contributed by atoms with E-state index in [-0.39, 0.29) is 0 Å². The molecule has 0 aromatic carbocycles. The van der Waals surface area contributed by atoms with E-state index in [1.54, 1.807) is 0 Å². The Labute approximate surface area is 133 Å². The predicted octanol–water partition coefficient (Wildman–Crippen LogP) is 1.57. The van der Waals surface area contributed by atoms with E-state index in [1.807, 2.05) is 12.4 Å². The van der Waals surface area contributed by atoms with Crippen molar-refractivity contribution in [3.8, 4) is 0 Å². The van der Waals surface area contributed by atoms with Crippen LogP contribution in [0, 0.1) is 0 Å². The van der Waals surface area contributed by atoms with Gasteiger partial charge in [-0.15, -0.1) is 0 Å². The van der Waals surface area contributed by atoms with E-state index < -0.39 is 0 Å². The molecule has 0 spiro atoms. The molecule has 1 aromatic heterocycles. The molecule has 0 N–H and O–H groups in total. The lowest BCUT2D eigenvalue weighted by molar-refractivity contribution is 0.0674. The third-order valence-electron chi connectivity index (χ3n) is 5.45. The summed E-state index contributed by atoms with van der Waals surface area (Å²) in [6.45, 7) is 11.6. The Kier molecular flexibility index (Phi) is 3.78. The second-order valence-corrected chi connectivity index (χ2v) is 7.32. The van der Waals surface area contributed by atoms with Crippen molar-refractivity contribution in [2.75, 3.05) is 44.2 Å². The van der Waals surface area contributed by atoms with Gasteiger partial charge in [0, 0.05) is 63.7 Å². The molecule has 120 valence electrons. The summed E-state index contributed by atoms with van der Waals surface area (Å²) in [5, 5.41) is 0. The van der Waals surface area contributed by atoms with E-state index in [1.165, 1.54) is 44.6 Å². The number of hydrogen-bond donors (Lipinski definition) is 0. The summed E-state index contributed by atoms with van der Waals surface area (Å²) in [4.78, 5) is 16.7. The summed E-state index contributed by atoms with van der Waals surface area (Å²) in [6.07, 6.45) is 6.71. The van der Waals surface area contributed by atoms with E-state index >= 15 is 0 Å². The zero-order valence-electron chi connectivity index (χ0n) is 13.8. The van der Waals surface area contributed by atoms with E-state index in [9.17, 15) is 0 Å². The average Bonchev–Trinajstić information content (AvgIpc) is 3.32. The minimum atomic E-state index is 0.679. The predicted molar refractivity (Wildman–Crippen MR) is 88.3 cm³/mol. The van der Waals surface area contributed by atoms with Crippen LogP contribution in [-0.2, 0) is 0 Å². The maximum absolute atomic E-state index is 4.56. The van der Waals surface area contributed by atoms with Crippen LogP contribution in [0.2, 0.25) is 0 Å². The van der Waals surface area contributed by atoms with Crippen molar-refractivity contribution in [1.29, 1.82) is 0 Å². The number of rotatable bonds is 4. The first-order chi connectivity index (χ1) is 10.7. The number of piperazine rings is 1. The number of anilines is 1. The Morgan fingerprint density at radius 3 is 2.18 bits per heavy atom. The fourth-order valence-corrected chi connectivity index (χ4v) is 3.59. The molecule has 22 heavy (non-hydrogen) atoms. The van der Waals surface area contributed by atoms with Crippen molar-refractivity contribution in [1.82, 2.24) is 19.8 Å². The van der Waals surface area contributed by atoms with Crippen LogP contribution in [0.25, 0.3) is 0 Å². The van der Waals surface area contributed by atoms with Crippen LogP contribution in [-0.4, -0.2) is 71.1 Å². The van der Waals surface area contributed by atoms with Gasteiger partial charge in [-0.3, -0.25) is 9.80 Å². The van der Waals surface area contributed by atoms with E-state index in [2.05, 4.69) is 38.5 Å². The van der Waals surface area contributed by atoms with Gasteiger partial charge in [-0.25, -0.2) is 9.97 Å². The van der Waals surface area contributed by atoms with E-state index in [0.717, 1.165) is 25.0 Å². The van der Waals surface area contributed by atoms with Gasteiger partial charge in [-0.2, -0.15) is 0 Å². The van der Waals surface area contributed by atoms with Gasteiger partial charge >= 0.3 is 0 Å². The Hall–Kier alpha value is -1.20. The van der Waals surface area contributed by atoms with E-state index in [0.29, 0.717) is 12.1 Å². The molecule has 2 aliphatic heterocycles. The van der Waals surface area contributed by atoms with Crippen molar-refractivity contribution in [2.45, 2.75) is 44.7 Å². The Morgan fingerprint density at radius 2 is 1.64 bits per heavy atom. The summed E-state index contributed by atoms with van der Waals surface area (Å²) in [5.41, 5.74) is 1.32. The topological polar surface area (TPSA) is 35.5 Å². The third-order valence-corrected chi connectivity index (χ3v) is 5.45. The molecule has 4 rings (SSSR count). The normalized spacial score (nSPS) is 24.8. The average molecular weight is 301 g/mol. The molecule has 5 nitrogen and oxygen atoms in total. The van der Waals surface area contributed by atoms with Gasteiger partial charge in [0.25, 0.3) is 0 Å². The van der Waals surface area contributed by atoms with Crippen LogP contribution in [0.15, 0.2) is 12.4 Å². The zero-order chi connectivity index (χ0) is 15.1. The lowest BCUT2D eigenvalue weighted by Crippen LogP contribution is -2.63. The summed E-state index contributed by atoms with van der Waals surface area (Å²) in [5.74, 6) is 1.66. The van der Waals surface area contributed by atoms with Crippen LogP contribution in [0.3, 0.4) is 0 Å². The van der Waals surface area contributed by atoms with Crippen LogP contribution >= 0.6 is 0 Å². The van der Waals surface area contributed by atoms with Gasteiger partial charge in [0.15, 0.2) is 0 Å². The van der Waals surface area contributed by atoms with Crippen LogP contribution in [0.1, 0.15) is 38.2 Å². The molecular formula is C17H27N5. The minimum Gasteiger partial charge on any atom is -0.338 e. The van der Waals surface area contributed by atoms with Gasteiger partial charge in [0.05, 0.1) is 0 Å². The van der Waals surface area contributed by atoms with Gasteiger partial charge in [-0.1, -0.05) is 0 Å². The quantitative estimate of drug-likeness (QED) is 0.843. The monoisotopic (exact) mass is 301 g/mol. The molecule has 0 radical (unpaired) electrons. The van der Waals surface area contributed by atoms with Crippen molar-refractivity contribution < 1.29 is 0 Å². The Balaban J connectivity index is 1.27. The third kappa shape index (κ3) is 2.84. The molecule has 1 aromatic rings. The minimum absolute atomic E-state index is 0.679. The first-order valence-corrected chi connectivity index (χ1v) is 8.75. The van der Waals surface area contributed by atoms with Crippen LogP contribution in [0.4, 0.5) is 5.95 Å². The highest BCUT2D eigenvalue weighted by Gasteiger charge is 2.35. The molecule has 0 amide bonds. The molecule has 1 saturated carbocycles. The van der Waals surface area contributed by atoms with Crippen molar-refractivity contribution in [3.05, 3.63) is 18.0 Å². The van der Waals surface area contributed by atoms with Crippen molar-refractivity contribution in [2.24, 2.45) is 0 Å². The SMILES string of the molecule is CC(C)N1CCN(C2CN(c3ncc(C4CC4)cn3)C2)CC1. The largest absolute Gasteiger partial charge is 0.338 e. The molecule has 2 saturated heterocycles. The lowest BCUT2D eigenvalue weighted by Gasteiger charge is -2.48. The van der Waals surface area contributed by atoms with Gasteiger partial charge in [0.2, 0.25) is 5.95 Å². The van der Waals surface area contributed by atoms with Gasteiger partial charge in [0.1, 0.15) is 0 Å². The maximum Gasteiger partial charge on any atom is 0.225 e. The molecule has 3 fully saturated rings. The lowest BCUT2D eigenvalue weighted by atomic mass is 10.1. The van der Waals surface area contributed by atoms with Gasteiger partial charge < -0.3 is 4.90 Å². The molecule has 3 aliphatic rings. The maximum atomic E-state index is 4.56. The second kappa shape index (κ2) is 5.78. The molecule has 3 heterocycles. The fourth-order valence-electron chi connectivity index (χ4n) is 3.59. The highest BCUT2D eigenvalue weighted by molar-refractivity contribution is 5.36. The van der Waals surface area contributed by atoms with Crippen LogP contribution < -0.4 is 4.90 Å². The second-order valence-electron chi connectivity index (χ2n) is 7.32. The molecule has 0 bridgehead atoms. The molecule has 5 heteroatoms. The van der Waals surface area contributed by atoms with Crippen molar-refractivity contribution >= 4 is 5.95 Å². The Morgan fingerprint density at radius 1 is 1.00 bits per heavy atom. The van der Waals surface area contributed by atoms with Crippen LogP contribution in [0.5, 0.6) is 0 Å². The zero-order valence-corrected chi connectivity index (χ0v) is 13.8. The molecular weight excluding hydrogens is 274 g/mol. The summed E-state index contributed by atoms with van der Waals surface area (Å²) < 4.78 is 0. The smallest absolute Gasteiger partial charge is 0.225 e. The Bertz CT molecular complexity index is 496. The number of hydrogen-bond acceptors (Lipinski definition) is 5. The van der Waals surface area contributed by atoms with E-state index in [4.69, 9.17) is 0 Å². The fraction of sp³-hybridized carbons (Fsp3) is 0.765. The highest BCUT2D eigenvalue weighted by Crippen LogP contribution is 2.39. The molecule has 0 atom stereocenters. The molecule has 1 aliphatic carbocycles. The highest BCUT2D eigenvalue weighted by atomic mass is 15.4. The number of aromatic nitrogens is 2. The molecule has 0 unspecified atom stereocenters. The standard InChI is InChI=1S/C17H27N5/c1-13(2)20-5-7-21(8-6-20)16-11-22(12-16)17-18-9-15(10-19-17)14-3-4-14/h9-10,13-14,16H,3-8,11-12H2,1-2H3. The van der Waals surface area contributed by atoms with Gasteiger partial charge in [-0.05, 0) is 38.2 Å². The first-order valence-electron chi connectivity index (χ1n) is 8.75. The summed E-state index contributed by atoms with van der Waals surface area (Å²) in [6, 6.07) is 1.37. The first kappa shape index (κ1) is 14.4. The van der Waals surface area contributed by atoms with Crippen molar-refractivity contribution in [3.63, 3.8) is 0 Å². The summed E-state index contributed by atoms with van der Waals surface area (Å²) in [7, 11) is 0. The summed E-state index contributed by atoms with van der Waals surface area (Å²) >= 11 is 0. The number of nitrogens with zero attached hydrogens (tertiary/aromatic N) is 5.